The van der Waals surface area contributed by atoms with Gasteiger partial charge in [-0.1, -0.05) is 23.7 Å². The monoisotopic (exact) mass is 530 g/mol. The quantitative estimate of drug-likeness (QED) is 0.337. The summed E-state index contributed by atoms with van der Waals surface area (Å²) >= 11 is 7.30. The number of benzene rings is 2. The smallest absolute Gasteiger partial charge is 0.263 e. The number of rotatable bonds is 7. The number of aromatic nitrogens is 2. The number of nitrogens with zero attached hydrogens (tertiary/aromatic N) is 3. The van der Waals surface area contributed by atoms with Crippen LogP contribution in [-0.2, 0) is 21.4 Å². The van der Waals surface area contributed by atoms with Gasteiger partial charge in [-0.3, -0.25) is 9.52 Å². The van der Waals surface area contributed by atoms with Crippen molar-refractivity contribution in [2.45, 2.75) is 36.6 Å². The number of aryl methyl sites for hydroxylation is 1. The van der Waals surface area contributed by atoms with Crippen molar-refractivity contribution < 1.29 is 14.6 Å². The maximum Gasteiger partial charge on any atom is 0.263 e. The minimum Gasteiger partial charge on any atom is -0.347 e. The second kappa shape index (κ2) is 10.0. The third kappa shape index (κ3) is 5.37. The first-order valence-electron chi connectivity index (χ1n) is 11.4. The molecule has 7 nitrogen and oxygen atoms in total. The second-order valence-electron chi connectivity index (χ2n) is 8.63. The average Bonchev–Trinajstić information content (AvgIpc) is 3.52. The zero-order valence-corrected chi connectivity index (χ0v) is 21.3. The molecule has 2 aromatic heterocycles. The Morgan fingerprint density at radius 2 is 1.91 bits per heavy atom. The molecule has 0 bridgehead atoms. The van der Waals surface area contributed by atoms with E-state index in [0.29, 0.717) is 42.1 Å². The third-order valence-corrected chi connectivity index (χ3v) is 8.87. The molecule has 3 heterocycles. The van der Waals surface area contributed by atoms with Gasteiger partial charge in [0.2, 0.25) is 5.91 Å². The van der Waals surface area contributed by atoms with Crippen molar-refractivity contribution in [1.29, 1.82) is 0 Å². The Morgan fingerprint density at radius 1 is 1.14 bits per heavy atom. The summed E-state index contributed by atoms with van der Waals surface area (Å²) in [6, 6.07) is 14.8. The topological polar surface area (TPSA) is 84.3 Å². The standard InChI is InChI=1S/C25H25ClN4O3S2.H2/c26-21-3-6-23-20(17-21)9-12-29(23)15-10-24(31)30-13-7-19(8-14-30)18-1-4-22(5-2-18)35(32,33)28-25-27-11-16-34-25;/h1-6,9,11-12,16-17,19H,7-8,10,13-15H2,(H,27,28);1H. The fraction of sp³-hybridized carbons (Fsp3) is 0.280. The van der Waals surface area contributed by atoms with Crippen LogP contribution in [0.25, 0.3) is 10.9 Å². The Bertz CT molecular complexity index is 1430. The molecule has 1 N–H and O–H groups in total. The number of carbonyl (C=O) groups is 1. The van der Waals surface area contributed by atoms with Crippen molar-refractivity contribution in [3.05, 3.63) is 76.9 Å². The van der Waals surface area contributed by atoms with Crippen LogP contribution in [0.3, 0.4) is 0 Å². The fourth-order valence-corrected chi connectivity index (χ4v) is 6.54. The highest BCUT2D eigenvalue weighted by Crippen LogP contribution is 2.30. The van der Waals surface area contributed by atoms with Crippen molar-refractivity contribution in [2.75, 3.05) is 17.8 Å². The lowest BCUT2D eigenvalue weighted by atomic mass is 9.89. The SMILES string of the molecule is O=C(CCn1ccc2cc(Cl)ccc21)N1CCC(c2ccc(S(=O)(=O)Nc3nccs3)cc2)CC1.[HH]. The number of carbonyl (C=O) groups excluding carboxylic acids is 1. The molecular formula is C25H27ClN4O3S2. The summed E-state index contributed by atoms with van der Waals surface area (Å²) < 4.78 is 29.7. The molecule has 35 heavy (non-hydrogen) atoms. The number of fused-ring (bicyclic) bond motifs is 1. The molecule has 0 spiro atoms. The van der Waals surface area contributed by atoms with E-state index in [1.54, 1.807) is 23.7 Å². The van der Waals surface area contributed by atoms with E-state index >= 15 is 0 Å². The normalized spacial score (nSPS) is 14.9. The van der Waals surface area contributed by atoms with Crippen molar-refractivity contribution in [3.8, 4) is 0 Å². The van der Waals surface area contributed by atoms with Crippen molar-refractivity contribution in [2.24, 2.45) is 0 Å². The second-order valence-corrected chi connectivity index (χ2v) is 11.6. The summed E-state index contributed by atoms with van der Waals surface area (Å²) in [6.07, 6.45) is 5.73. The van der Waals surface area contributed by atoms with Crippen LogP contribution in [0.5, 0.6) is 0 Å². The number of thiazole rings is 1. The first kappa shape index (κ1) is 23.8. The molecule has 184 valence electrons. The summed E-state index contributed by atoms with van der Waals surface area (Å²) in [6.45, 7) is 2.04. The van der Waals surface area contributed by atoms with Gasteiger partial charge in [0, 0.05) is 61.2 Å². The third-order valence-electron chi connectivity index (χ3n) is 6.46. The number of hydrogen-bond acceptors (Lipinski definition) is 5. The Balaban J connectivity index is 0.00000304. The highest BCUT2D eigenvalue weighted by molar-refractivity contribution is 7.93. The van der Waals surface area contributed by atoms with E-state index in [1.165, 1.54) is 11.3 Å². The Kier molecular flexibility index (Phi) is 6.82. The predicted molar refractivity (Wildman–Crippen MR) is 142 cm³/mol. The van der Waals surface area contributed by atoms with Gasteiger partial charge in [0.25, 0.3) is 10.0 Å². The largest absolute Gasteiger partial charge is 0.347 e. The van der Waals surface area contributed by atoms with Crippen LogP contribution < -0.4 is 4.72 Å². The summed E-state index contributed by atoms with van der Waals surface area (Å²) in [5.74, 6) is 0.467. The molecule has 0 atom stereocenters. The van der Waals surface area contributed by atoms with Crippen LogP contribution in [0.2, 0.25) is 5.02 Å². The molecule has 2 aromatic carbocycles. The molecule has 1 fully saturated rings. The minimum absolute atomic E-state index is 0. The first-order valence-corrected chi connectivity index (χ1v) is 14.2. The lowest BCUT2D eigenvalue weighted by Crippen LogP contribution is -2.38. The molecule has 1 saturated heterocycles. The van der Waals surface area contributed by atoms with E-state index in [-0.39, 0.29) is 12.2 Å². The molecule has 4 aromatic rings. The van der Waals surface area contributed by atoms with Crippen molar-refractivity contribution in [3.63, 3.8) is 0 Å². The first-order chi connectivity index (χ1) is 16.9. The molecule has 0 unspecified atom stereocenters. The Labute approximate surface area is 214 Å². The number of hydrogen-bond donors (Lipinski definition) is 1. The lowest BCUT2D eigenvalue weighted by Gasteiger charge is -2.32. The molecule has 1 aliphatic heterocycles. The minimum atomic E-state index is -3.66. The van der Waals surface area contributed by atoms with Gasteiger partial charge in [-0.2, -0.15) is 0 Å². The van der Waals surface area contributed by atoms with Crippen LogP contribution in [0.15, 0.2) is 71.2 Å². The number of likely N-dealkylation sites (tertiary alicyclic amines) is 1. The number of amides is 1. The highest BCUT2D eigenvalue weighted by atomic mass is 35.5. The van der Waals surface area contributed by atoms with Crippen LogP contribution >= 0.6 is 22.9 Å². The maximum atomic E-state index is 12.8. The number of anilines is 1. The van der Waals surface area contributed by atoms with E-state index in [1.807, 2.05) is 47.5 Å². The van der Waals surface area contributed by atoms with Crippen LogP contribution in [0, 0.1) is 0 Å². The van der Waals surface area contributed by atoms with Crippen LogP contribution in [-0.4, -0.2) is 41.9 Å². The van der Waals surface area contributed by atoms with Crippen molar-refractivity contribution in [1.82, 2.24) is 14.5 Å². The van der Waals surface area contributed by atoms with Crippen molar-refractivity contribution >= 4 is 54.9 Å². The molecule has 0 radical (unpaired) electrons. The predicted octanol–water partition coefficient (Wildman–Crippen LogP) is 5.59. The van der Waals surface area contributed by atoms with Gasteiger partial charge in [0.1, 0.15) is 0 Å². The van der Waals surface area contributed by atoms with E-state index in [2.05, 4.69) is 14.3 Å². The summed E-state index contributed by atoms with van der Waals surface area (Å²) in [5.41, 5.74) is 2.18. The van der Waals surface area contributed by atoms with Gasteiger partial charge in [-0.25, -0.2) is 13.4 Å². The zero-order valence-electron chi connectivity index (χ0n) is 18.9. The fourth-order valence-electron chi connectivity index (χ4n) is 4.57. The number of sulfonamides is 1. The van der Waals surface area contributed by atoms with Crippen LogP contribution in [0.1, 0.15) is 32.2 Å². The lowest BCUT2D eigenvalue weighted by molar-refractivity contribution is -0.132. The van der Waals surface area contributed by atoms with Gasteiger partial charge in [0.15, 0.2) is 5.13 Å². The summed E-state index contributed by atoms with van der Waals surface area (Å²) in [4.78, 5) is 19.0. The van der Waals surface area contributed by atoms with E-state index < -0.39 is 10.0 Å². The van der Waals surface area contributed by atoms with E-state index in [4.69, 9.17) is 11.6 Å². The van der Waals surface area contributed by atoms with Gasteiger partial charge in [-0.15, -0.1) is 11.3 Å². The zero-order chi connectivity index (χ0) is 24.4. The maximum absolute atomic E-state index is 12.8. The average molecular weight is 531 g/mol. The van der Waals surface area contributed by atoms with Gasteiger partial charge in [-0.05, 0) is 60.7 Å². The number of nitrogens with one attached hydrogen (secondary N) is 1. The van der Waals surface area contributed by atoms with E-state index in [0.717, 1.165) is 29.3 Å². The molecule has 0 saturated carbocycles. The van der Waals surface area contributed by atoms with Gasteiger partial charge in [0.05, 0.1) is 4.90 Å². The summed E-state index contributed by atoms with van der Waals surface area (Å²) in [7, 11) is -3.66. The molecule has 0 aliphatic carbocycles. The molecule has 10 heteroatoms. The van der Waals surface area contributed by atoms with Gasteiger partial charge >= 0.3 is 0 Å². The Morgan fingerprint density at radius 3 is 2.63 bits per heavy atom. The number of piperidine rings is 1. The molecular weight excluding hydrogens is 504 g/mol. The Hall–Kier alpha value is -2.88. The molecule has 1 amide bonds. The molecule has 1 aliphatic rings. The van der Waals surface area contributed by atoms with E-state index in [9.17, 15) is 13.2 Å². The van der Waals surface area contributed by atoms with Crippen LogP contribution in [0.4, 0.5) is 5.13 Å². The number of halogens is 1. The highest BCUT2D eigenvalue weighted by Gasteiger charge is 2.24. The van der Waals surface area contributed by atoms with Gasteiger partial charge < -0.3 is 9.47 Å². The summed E-state index contributed by atoms with van der Waals surface area (Å²) in [5, 5.41) is 3.85. The molecule has 5 rings (SSSR count).